The Balaban J connectivity index is 1.46. The van der Waals surface area contributed by atoms with Crippen LogP contribution in [0.5, 0.6) is 0 Å². The predicted octanol–water partition coefficient (Wildman–Crippen LogP) is 5.36. The van der Waals surface area contributed by atoms with Gasteiger partial charge in [-0.1, -0.05) is 18.7 Å². The van der Waals surface area contributed by atoms with Crippen LogP contribution in [0.4, 0.5) is 19.0 Å². The Kier molecular flexibility index (Phi) is 8.06. The number of aryl methyl sites for hydroxylation is 1. The lowest BCUT2D eigenvalue weighted by atomic mass is 9.92. The van der Waals surface area contributed by atoms with Crippen molar-refractivity contribution >= 4 is 34.4 Å². The summed E-state index contributed by atoms with van der Waals surface area (Å²) in [4.78, 5) is 37.8. The van der Waals surface area contributed by atoms with Crippen molar-refractivity contribution in [2.45, 2.75) is 56.6 Å². The number of likely N-dealkylation sites (tertiary alicyclic amines) is 1. The maximum atomic E-state index is 14.0. The van der Waals surface area contributed by atoms with Crippen LogP contribution in [0.25, 0.3) is 22.0 Å². The molecule has 43 heavy (non-hydrogen) atoms. The van der Waals surface area contributed by atoms with Crippen LogP contribution in [0, 0.1) is 18.7 Å². The summed E-state index contributed by atoms with van der Waals surface area (Å²) in [5, 5.41) is 0.866. The lowest BCUT2D eigenvalue weighted by Gasteiger charge is -2.45. The molecule has 3 aromatic rings. The lowest BCUT2D eigenvalue weighted by Crippen LogP contribution is -2.58. The standard InChI is InChI=1S/C32H36F3N5O2S/c1-5-27(41)38-12-20(4)39(13-19(38)3)31-25-10-18(2)28(22-6-8-23(33)9-7-22)30-29(25)40(32(42)36-31)24(17-43-30)11-21-14-37(15-21)16-26(34)35/h5-10,19-21,24,26H,1,11-17H2,2-4H3/t19-,20+,24+/m1/s1. The molecule has 11 heteroatoms. The highest BCUT2D eigenvalue weighted by Crippen LogP contribution is 2.47. The van der Waals surface area contributed by atoms with Gasteiger partial charge in [0.05, 0.1) is 12.1 Å². The van der Waals surface area contributed by atoms with Crippen molar-refractivity contribution in [3.8, 4) is 11.1 Å². The highest BCUT2D eigenvalue weighted by molar-refractivity contribution is 7.99. The van der Waals surface area contributed by atoms with E-state index in [4.69, 9.17) is 4.98 Å². The molecule has 3 aliphatic rings. The summed E-state index contributed by atoms with van der Waals surface area (Å²) >= 11 is 1.69. The van der Waals surface area contributed by atoms with Crippen molar-refractivity contribution in [2.24, 2.45) is 5.92 Å². The van der Waals surface area contributed by atoms with E-state index in [0.717, 1.165) is 32.5 Å². The summed E-state index contributed by atoms with van der Waals surface area (Å²) in [7, 11) is 0. The van der Waals surface area contributed by atoms with Crippen LogP contribution in [0.3, 0.4) is 0 Å². The van der Waals surface area contributed by atoms with Gasteiger partial charge in [-0.2, -0.15) is 4.98 Å². The van der Waals surface area contributed by atoms with Crippen LogP contribution in [0.15, 0.2) is 52.7 Å². The maximum Gasteiger partial charge on any atom is 0.350 e. The van der Waals surface area contributed by atoms with Crippen molar-refractivity contribution in [2.75, 3.05) is 43.4 Å². The van der Waals surface area contributed by atoms with E-state index in [-0.39, 0.29) is 48.0 Å². The highest BCUT2D eigenvalue weighted by Gasteiger charge is 2.37. The van der Waals surface area contributed by atoms with E-state index in [1.807, 2.05) is 25.3 Å². The molecule has 0 radical (unpaired) electrons. The molecule has 1 aromatic heterocycles. The van der Waals surface area contributed by atoms with Gasteiger partial charge in [0.2, 0.25) is 5.91 Å². The Hall–Kier alpha value is -3.31. The number of amides is 1. The van der Waals surface area contributed by atoms with Gasteiger partial charge in [-0.3, -0.25) is 14.3 Å². The zero-order valence-corrected chi connectivity index (χ0v) is 25.4. The van der Waals surface area contributed by atoms with Crippen LogP contribution >= 0.6 is 11.8 Å². The summed E-state index contributed by atoms with van der Waals surface area (Å²) in [6.45, 7) is 11.6. The maximum absolute atomic E-state index is 14.0. The zero-order chi connectivity index (χ0) is 30.6. The van der Waals surface area contributed by atoms with E-state index in [9.17, 15) is 22.8 Å². The van der Waals surface area contributed by atoms with Crippen LogP contribution in [-0.4, -0.2) is 82.2 Å². The number of piperazine rings is 1. The first-order chi connectivity index (χ1) is 20.5. The van der Waals surface area contributed by atoms with E-state index < -0.39 is 6.43 Å². The van der Waals surface area contributed by atoms with Gasteiger partial charge in [0.1, 0.15) is 11.6 Å². The monoisotopic (exact) mass is 611 g/mol. The van der Waals surface area contributed by atoms with Gasteiger partial charge in [-0.05, 0) is 68.5 Å². The molecule has 0 saturated carbocycles. The topological polar surface area (TPSA) is 61.7 Å². The minimum Gasteiger partial charge on any atom is -0.349 e. The molecular formula is C32H36F3N5O2S. The summed E-state index contributed by atoms with van der Waals surface area (Å²) in [5.74, 6) is 1.05. The average Bonchev–Trinajstić information content (AvgIpc) is 2.95. The highest BCUT2D eigenvalue weighted by atomic mass is 32.2. The minimum atomic E-state index is -2.35. The normalized spacial score (nSPS) is 22.7. The zero-order valence-electron chi connectivity index (χ0n) is 24.6. The van der Waals surface area contributed by atoms with E-state index in [1.54, 1.807) is 33.7 Å². The molecule has 4 heterocycles. The Morgan fingerprint density at radius 1 is 1.14 bits per heavy atom. The fraction of sp³-hybridized carbons (Fsp3) is 0.469. The van der Waals surface area contributed by atoms with Gasteiger partial charge in [0.15, 0.2) is 0 Å². The number of aromatic nitrogens is 2. The molecule has 2 aromatic carbocycles. The third-order valence-electron chi connectivity index (χ3n) is 9.01. The van der Waals surface area contributed by atoms with Crippen LogP contribution in [0.2, 0.25) is 0 Å². The molecule has 0 aliphatic carbocycles. The van der Waals surface area contributed by atoms with E-state index in [1.165, 1.54) is 18.2 Å². The quantitative estimate of drug-likeness (QED) is 0.336. The second-order valence-electron chi connectivity index (χ2n) is 12.1. The first-order valence-electron chi connectivity index (χ1n) is 14.7. The summed E-state index contributed by atoms with van der Waals surface area (Å²) in [6, 6.07) is 8.17. The van der Waals surface area contributed by atoms with Gasteiger partial charge in [-0.25, -0.2) is 18.0 Å². The summed E-state index contributed by atoms with van der Waals surface area (Å²) in [6.07, 6.45) is -0.317. The van der Waals surface area contributed by atoms with Gasteiger partial charge in [-0.15, -0.1) is 11.8 Å². The number of hydrogen-bond donors (Lipinski definition) is 0. The van der Waals surface area contributed by atoms with E-state index in [2.05, 4.69) is 17.5 Å². The smallest absolute Gasteiger partial charge is 0.349 e. The fourth-order valence-electron chi connectivity index (χ4n) is 6.99. The molecule has 1 amide bonds. The molecule has 3 aliphatic heterocycles. The van der Waals surface area contributed by atoms with Gasteiger partial charge in [0.25, 0.3) is 6.43 Å². The van der Waals surface area contributed by atoms with Gasteiger partial charge >= 0.3 is 5.69 Å². The SMILES string of the molecule is C=CC(=O)N1C[C@H](C)N(c2nc(=O)n3c4c(c(-c5ccc(F)cc5)c(C)cc24)SC[C@@H]3CC2CN(CC(F)F)C2)C[C@H]1C. The Morgan fingerprint density at radius 3 is 2.53 bits per heavy atom. The number of thioether (sulfide) groups is 1. The number of anilines is 1. The Bertz CT molecular complexity index is 1620. The molecule has 7 nitrogen and oxygen atoms in total. The minimum absolute atomic E-state index is 0.0891. The van der Waals surface area contributed by atoms with Crippen LogP contribution in [-0.2, 0) is 4.79 Å². The Labute approximate surface area is 253 Å². The van der Waals surface area contributed by atoms with E-state index in [0.29, 0.717) is 44.2 Å². The van der Waals surface area contributed by atoms with Gasteiger partial charge in [0, 0.05) is 65.9 Å². The molecule has 228 valence electrons. The van der Waals surface area contributed by atoms with Crippen LogP contribution < -0.4 is 10.6 Å². The molecule has 3 atom stereocenters. The second kappa shape index (κ2) is 11.6. The van der Waals surface area contributed by atoms with Crippen molar-refractivity contribution < 1.29 is 18.0 Å². The first-order valence-corrected chi connectivity index (χ1v) is 15.7. The molecule has 0 N–H and O–H groups in total. The number of benzene rings is 2. The van der Waals surface area contributed by atoms with E-state index >= 15 is 0 Å². The largest absolute Gasteiger partial charge is 0.350 e. The number of alkyl halides is 2. The van der Waals surface area contributed by atoms with Crippen molar-refractivity contribution in [1.29, 1.82) is 0 Å². The van der Waals surface area contributed by atoms with Gasteiger partial charge < -0.3 is 9.80 Å². The van der Waals surface area contributed by atoms with Crippen molar-refractivity contribution in [3.63, 3.8) is 0 Å². The van der Waals surface area contributed by atoms with Crippen molar-refractivity contribution in [1.82, 2.24) is 19.4 Å². The lowest BCUT2D eigenvalue weighted by molar-refractivity contribution is -0.128. The number of carbonyl (C=O) groups excluding carboxylic acids is 1. The third-order valence-corrected chi connectivity index (χ3v) is 10.2. The summed E-state index contributed by atoms with van der Waals surface area (Å²) in [5.41, 5.74) is 3.32. The number of rotatable bonds is 7. The fourth-order valence-corrected chi connectivity index (χ4v) is 8.40. The second-order valence-corrected chi connectivity index (χ2v) is 13.1. The predicted molar refractivity (Wildman–Crippen MR) is 165 cm³/mol. The molecule has 0 bridgehead atoms. The van der Waals surface area contributed by atoms with Crippen LogP contribution in [0.1, 0.15) is 31.9 Å². The Morgan fingerprint density at radius 2 is 1.86 bits per heavy atom. The molecule has 6 rings (SSSR count). The van der Waals surface area contributed by atoms with Crippen molar-refractivity contribution in [3.05, 3.63) is 64.9 Å². The number of hydrogen-bond acceptors (Lipinski definition) is 6. The summed E-state index contributed by atoms with van der Waals surface area (Å²) < 4.78 is 41.4. The average molecular weight is 612 g/mol. The number of nitrogens with zero attached hydrogens (tertiary/aromatic N) is 5. The third kappa shape index (κ3) is 5.46. The number of carbonyl (C=O) groups is 1. The molecule has 0 spiro atoms. The molecule has 2 saturated heterocycles. The molecular weight excluding hydrogens is 575 g/mol. The number of halogens is 3. The molecule has 0 unspecified atom stereocenters. The first kappa shape index (κ1) is 29.7. The molecule has 2 fully saturated rings.